The molecule has 0 amide bonds. The maximum atomic E-state index is 11.7. The molecule has 150 valence electrons. The van der Waals surface area contributed by atoms with E-state index in [9.17, 15) is 8.42 Å². The van der Waals surface area contributed by atoms with Gasteiger partial charge in [-0.3, -0.25) is 0 Å². The summed E-state index contributed by atoms with van der Waals surface area (Å²) in [6, 6.07) is 15.0. The normalized spacial score (nSPS) is 11.9. The third kappa shape index (κ3) is 4.37. The van der Waals surface area contributed by atoms with Crippen LogP contribution in [0.25, 0.3) is 21.6 Å². The first-order valence-corrected chi connectivity index (χ1v) is 12.5. The van der Waals surface area contributed by atoms with E-state index in [1.807, 2.05) is 18.2 Å². The van der Waals surface area contributed by atoms with E-state index < -0.39 is 10.0 Å². The van der Waals surface area contributed by atoms with E-state index in [1.165, 1.54) is 12.1 Å². The zero-order valence-corrected chi connectivity index (χ0v) is 18.2. The number of hydrogen-bond acceptors (Lipinski definition) is 6. The van der Waals surface area contributed by atoms with Crippen molar-refractivity contribution in [1.29, 1.82) is 0 Å². The van der Waals surface area contributed by atoms with Gasteiger partial charge in [-0.15, -0.1) is 11.3 Å². The molecule has 2 N–H and O–H groups in total. The van der Waals surface area contributed by atoms with Gasteiger partial charge in [-0.25, -0.2) is 23.5 Å². The highest BCUT2D eigenvalue weighted by Gasteiger charge is 2.15. The van der Waals surface area contributed by atoms with Crippen molar-refractivity contribution in [3.05, 3.63) is 59.6 Å². The Morgan fingerprint density at radius 2 is 1.93 bits per heavy atom. The van der Waals surface area contributed by atoms with Crippen molar-refractivity contribution in [2.24, 2.45) is 5.14 Å². The third-order valence-corrected chi connectivity index (χ3v) is 7.24. The van der Waals surface area contributed by atoms with Crippen molar-refractivity contribution in [2.75, 3.05) is 0 Å². The second-order valence-electron chi connectivity index (χ2n) is 6.54. The molecule has 2 aromatic carbocycles. The maximum Gasteiger partial charge on any atom is 0.238 e. The van der Waals surface area contributed by atoms with Crippen LogP contribution in [-0.4, -0.2) is 23.0 Å². The molecule has 0 unspecified atom stereocenters. The van der Waals surface area contributed by atoms with E-state index in [2.05, 4.69) is 34.0 Å². The first-order chi connectivity index (χ1) is 14.0. The highest BCUT2D eigenvalue weighted by molar-refractivity contribution is 7.98. The molecule has 0 aliphatic rings. The van der Waals surface area contributed by atoms with Gasteiger partial charge < -0.3 is 4.57 Å². The SMILES string of the molecule is CCCn1c(SCc2csc(-c3ccccc3)n2)nc2cc(S(N)(=O)=O)ccc21. The van der Waals surface area contributed by atoms with Crippen molar-refractivity contribution in [1.82, 2.24) is 14.5 Å². The van der Waals surface area contributed by atoms with Gasteiger partial charge in [0, 0.05) is 23.2 Å². The van der Waals surface area contributed by atoms with Gasteiger partial charge in [0.1, 0.15) is 5.01 Å². The molecule has 0 spiro atoms. The van der Waals surface area contributed by atoms with Crippen LogP contribution >= 0.6 is 23.1 Å². The number of thiazole rings is 1. The number of imidazole rings is 1. The van der Waals surface area contributed by atoms with E-state index in [0.29, 0.717) is 11.3 Å². The molecule has 4 rings (SSSR count). The predicted octanol–water partition coefficient (Wildman–Crippen LogP) is 4.51. The summed E-state index contributed by atoms with van der Waals surface area (Å²) in [5.41, 5.74) is 3.66. The molecular weight excluding hydrogens is 424 g/mol. The average Bonchev–Trinajstić information content (AvgIpc) is 3.31. The first kappa shape index (κ1) is 20.1. The van der Waals surface area contributed by atoms with E-state index >= 15 is 0 Å². The molecule has 0 saturated heterocycles. The van der Waals surface area contributed by atoms with Gasteiger partial charge in [-0.1, -0.05) is 49.0 Å². The number of thioether (sulfide) groups is 1. The quantitative estimate of drug-likeness (QED) is 0.424. The van der Waals surface area contributed by atoms with E-state index in [4.69, 9.17) is 10.1 Å². The van der Waals surface area contributed by atoms with Crippen molar-refractivity contribution >= 4 is 44.2 Å². The molecule has 2 heterocycles. The molecule has 0 fully saturated rings. The van der Waals surface area contributed by atoms with Gasteiger partial charge in [0.25, 0.3) is 0 Å². The number of rotatable bonds is 7. The lowest BCUT2D eigenvalue weighted by molar-refractivity contribution is 0.598. The Morgan fingerprint density at radius 3 is 2.66 bits per heavy atom. The fourth-order valence-corrected chi connectivity index (χ4v) is 5.44. The molecule has 0 aliphatic carbocycles. The van der Waals surface area contributed by atoms with E-state index in [1.54, 1.807) is 29.2 Å². The summed E-state index contributed by atoms with van der Waals surface area (Å²) in [6.45, 7) is 2.91. The van der Waals surface area contributed by atoms with Crippen LogP contribution in [-0.2, 0) is 22.3 Å². The standard InChI is InChI=1S/C20H20N4O2S3/c1-2-10-24-18-9-8-16(29(21,25)26)11-17(18)23-20(24)28-13-15-12-27-19(22-15)14-6-4-3-5-7-14/h3-9,11-12H,2,10,13H2,1H3,(H2,21,25,26). The number of primary sulfonamides is 1. The number of aryl methyl sites for hydroxylation is 1. The van der Waals surface area contributed by atoms with Crippen molar-refractivity contribution in [3.8, 4) is 10.6 Å². The number of aromatic nitrogens is 3. The Morgan fingerprint density at radius 1 is 1.14 bits per heavy atom. The van der Waals surface area contributed by atoms with Crippen molar-refractivity contribution in [3.63, 3.8) is 0 Å². The number of sulfonamides is 1. The van der Waals surface area contributed by atoms with Crippen LogP contribution in [0.3, 0.4) is 0 Å². The average molecular weight is 445 g/mol. The molecule has 9 heteroatoms. The lowest BCUT2D eigenvalue weighted by Gasteiger charge is -2.06. The monoisotopic (exact) mass is 444 g/mol. The Labute approximate surface area is 177 Å². The topological polar surface area (TPSA) is 90.9 Å². The smallest absolute Gasteiger partial charge is 0.238 e. The fourth-order valence-electron chi connectivity index (χ4n) is 3.04. The molecular formula is C20H20N4O2S3. The summed E-state index contributed by atoms with van der Waals surface area (Å²) in [4.78, 5) is 9.48. The summed E-state index contributed by atoms with van der Waals surface area (Å²) in [6.07, 6.45) is 0.949. The zero-order chi connectivity index (χ0) is 20.4. The second-order valence-corrected chi connectivity index (χ2v) is 9.90. The number of hydrogen-bond donors (Lipinski definition) is 1. The molecule has 0 bridgehead atoms. The van der Waals surface area contributed by atoms with Gasteiger partial charge in [-0.05, 0) is 24.6 Å². The zero-order valence-electron chi connectivity index (χ0n) is 15.8. The van der Waals surface area contributed by atoms with E-state index in [-0.39, 0.29) is 4.90 Å². The van der Waals surface area contributed by atoms with Crippen LogP contribution in [0.1, 0.15) is 19.0 Å². The number of benzene rings is 2. The Hall–Kier alpha value is -2.20. The van der Waals surface area contributed by atoms with Crippen LogP contribution in [0.5, 0.6) is 0 Å². The van der Waals surface area contributed by atoms with Crippen molar-refractivity contribution in [2.45, 2.75) is 35.7 Å². The molecule has 6 nitrogen and oxygen atoms in total. The molecule has 2 aromatic heterocycles. The summed E-state index contributed by atoms with van der Waals surface area (Å²) in [7, 11) is -3.75. The maximum absolute atomic E-state index is 11.7. The van der Waals surface area contributed by atoms with Gasteiger partial charge in [0.05, 0.1) is 21.6 Å². The minimum Gasteiger partial charge on any atom is -0.319 e. The van der Waals surface area contributed by atoms with Gasteiger partial charge >= 0.3 is 0 Å². The predicted molar refractivity (Wildman–Crippen MR) is 119 cm³/mol. The second kappa shape index (κ2) is 8.27. The third-order valence-electron chi connectivity index (χ3n) is 4.38. The molecule has 0 radical (unpaired) electrons. The molecule has 4 aromatic rings. The first-order valence-electron chi connectivity index (χ1n) is 9.11. The summed E-state index contributed by atoms with van der Waals surface area (Å²) in [5, 5.41) is 9.18. The molecule has 0 aliphatic heterocycles. The van der Waals surface area contributed by atoms with Crippen LogP contribution < -0.4 is 5.14 Å². The van der Waals surface area contributed by atoms with Gasteiger partial charge in [0.15, 0.2) is 5.16 Å². The Balaban J connectivity index is 1.60. The summed E-state index contributed by atoms with van der Waals surface area (Å²) >= 11 is 3.23. The summed E-state index contributed by atoms with van der Waals surface area (Å²) < 4.78 is 25.4. The molecule has 0 saturated carbocycles. The van der Waals surface area contributed by atoms with Crippen LogP contribution in [0.2, 0.25) is 0 Å². The lowest BCUT2D eigenvalue weighted by atomic mass is 10.2. The summed E-state index contributed by atoms with van der Waals surface area (Å²) in [5.74, 6) is 0.693. The number of nitrogens with zero attached hydrogens (tertiary/aromatic N) is 3. The Bertz CT molecular complexity index is 1250. The van der Waals surface area contributed by atoms with Crippen LogP contribution in [0.4, 0.5) is 0 Å². The Kier molecular flexibility index (Phi) is 5.73. The fraction of sp³-hybridized carbons (Fsp3) is 0.200. The number of fused-ring (bicyclic) bond motifs is 1. The van der Waals surface area contributed by atoms with Crippen LogP contribution in [0.15, 0.2) is 64.0 Å². The van der Waals surface area contributed by atoms with E-state index in [0.717, 1.165) is 39.9 Å². The van der Waals surface area contributed by atoms with Gasteiger partial charge in [0.2, 0.25) is 10.0 Å². The van der Waals surface area contributed by atoms with Crippen molar-refractivity contribution < 1.29 is 8.42 Å². The largest absolute Gasteiger partial charge is 0.319 e. The highest BCUT2D eigenvalue weighted by atomic mass is 32.2. The highest BCUT2D eigenvalue weighted by Crippen LogP contribution is 2.30. The number of nitrogens with two attached hydrogens (primary N) is 1. The molecule has 0 atom stereocenters. The minimum absolute atomic E-state index is 0.0784. The van der Waals surface area contributed by atoms with Crippen LogP contribution in [0, 0.1) is 0 Å². The molecule has 29 heavy (non-hydrogen) atoms. The lowest BCUT2D eigenvalue weighted by Crippen LogP contribution is -2.11. The van der Waals surface area contributed by atoms with Gasteiger partial charge in [-0.2, -0.15) is 0 Å². The minimum atomic E-state index is -3.75.